The number of nitrogens with zero attached hydrogens (tertiary/aromatic N) is 5. The Kier molecular flexibility index (Phi) is 4.03. The van der Waals surface area contributed by atoms with Gasteiger partial charge >= 0.3 is 6.18 Å². The van der Waals surface area contributed by atoms with Crippen LogP contribution in [-0.4, -0.2) is 40.1 Å². The van der Waals surface area contributed by atoms with Gasteiger partial charge in [-0.1, -0.05) is 18.2 Å². The summed E-state index contributed by atoms with van der Waals surface area (Å²) in [6, 6.07) is 8.95. The molecule has 0 bridgehead atoms. The van der Waals surface area contributed by atoms with Crippen molar-refractivity contribution in [1.29, 1.82) is 0 Å². The van der Waals surface area contributed by atoms with Gasteiger partial charge in [-0.3, -0.25) is 14.9 Å². The maximum atomic E-state index is 13.8. The Labute approximate surface area is 152 Å². The van der Waals surface area contributed by atoms with Crippen LogP contribution in [0.1, 0.15) is 23.7 Å². The van der Waals surface area contributed by atoms with Crippen molar-refractivity contribution in [3.63, 3.8) is 0 Å². The SMILES string of the molecule is CC1=NN=C2CN=C(c3ccccn3)c3cccc(C(F)(F)F)c3N2C1O. The van der Waals surface area contributed by atoms with Crippen LogP contribution in [0.25, 0.3) is 0 Å². The number of rotatable bonds is 1. The summed E-state index contributed by atoms with van der Waals surface area (Å²) in [5.41, 5.74) is 0.0779. The van der Waals surface area contributed by atoms with E-state index in [0.29, 0.717) is 11.4 Å². The number of aliphatic imine (C=N–C) groups is 1. The maximum Gasteiger partial charge on any atom is 0.418 e. The van der Waals surface area contributed by atoms with Crippen molar-refractivity contribution in [1.82, 2.24) is 4.98 Å². The number of anilines is 1. The van der Waals surface area contributed by atoms with Gasteiger partial charge in [0.15, 0.2) is 12.1 Å². The Morgan fingerprint density at radius 3 is 2.63 bits per heavy atom. The fourth-order valence-electron chi connectivity index (χ4n) is 3.10. The number of halogens is 3. The second kappa shape index (κ2) is 6.27. The van der Waals surface area contributed by atoms with Crippen LogP contribution in [0.2, 0.25) is 0 Å². The lowest BCUT2D eigenvalue weighted by Gasteiger charge is -2.33. The van der Waals surface area contributed by atoms with Crippen LogP contribution >= 0.6 is 0 Å². The monoisotopic (exact) mass is 373 g/mol. The van der Waals surface area contributed by atoms with E-state index in [1.54, 1.807) is 24.4 Å². The molecule has 138 valence electrons. The van der Waals surface area contributed by atoms with Crippen molar-refractivity contribution in [2.24, 2.45) is 15.2 Å². The van der Waals surface area contributed by atoms with Gasteiger partial charge in [-0.25, -0.2) is 0 Å². The molecule has 27 heavy (non-hydrogen) atoms. The quantitative estimate of drug-likeness (QED) is 0.835. The average molecular weight is 373 g/mol. The molecule has 0 radical (unpaired) electrons. The highest BCUT2D eigenvalue weighted by atomic mass is 19.4. The van der Waals surface area contributed by atoms with Crippen molar-refractivity contribution >= 4 is 22.9 Å². The first-order valence-corrected chi connectivity index (χ1v) is 8.12. The van der Waals surface area contributed by atoms with Gasteiger partial charge in [-0.2, -0.15) is 18.3 Å². The zero-order valence-corrected chi connectivity index (χ0v) is 14.1. The summed E-state index contributed by atoms with van der Waals surface area (Å²) >= 11 is 0. The minimum atomic E-state index is -4.63. The molecule has 0 aliphatic carbocycles. The van der Waals surface area contributed by atoms with E-state index >= 15 is 0 Å². The van der Waals surface area contributed by atoms with E-state index in [1.807, 2.05) is 0 Å². The van der Waals surface area contributed by atoms with E-state index in [-0.39, 0.29) is 29.3 Å². The average Bonchev–Trinajstić information content (AvgIpc) is 2.81. The summed E-state index contributed by atoms with van der Waals surface area (Å²) in [6.07, 6.45) is -4.45. The van der Waals surface area contributed by atoms with Crippen molar-refractivity contribution in [3.05, 3.63) is 59.4 Å². The van der Waals surface area contributed by atoms with E-state index in [4.69, 9.17) is 0 Å². The maximum absolute atomic E-state index is 13.8. The molecule has 9 heteroatoms. The number of hydrogen-bond acceptors (Lipinski definition) is 6. The second-order valence-corrected chi connectivity index (χ2v) is 6.08. The van der Waals surface area contributed by atoms with Gasteiger partial charge in [0.25, 0.3) is 0 Å². The van der Waals surface area contributed by atoms with Crippen molar-refractivity contribution in [3.8, 4) is 0 Å². The van der Waals surface area contributed by atoms with Crippen molar-refractivity contribution in [2.75, 3.05) is 11.4 Å². The molecule has 1 aromatic carbocycles. The lowest BCUT2D eigenvalue weighted by Crippen LogP contribution is -2.48. The number of para-hydroxylation sites is 1. The summed E-state index contributed by atoms with van der Waals surface area (Å²) in [6.45, 7) is 1.47. The molecule has 2 aromatic rings. The Morgan fingerprint density at radius 1 is 1.11 bits per heavy atom. The number of amidine groups is 1. The first kappa shape index (κ1) is 17.3. The zero-order valence-electron chi connectivity index (χ0n) is 14.1. The number of aliphatic hydroxyl groups is 1. The molecule has 6 nitrogen and oxygen atoms in total. The van der Waals surface area contributed by atoms with Crippen LogP contribution in [0.15, 0.2) is 57.8 Å². The van der Waals surface area contributed by atoms with Gasteiger partial charge in [-0.05, 0) is 25.1 Å². The summed E-state index contributed by atoms with van der Waals surface area (Å²) in [5.74, 6) is 0.136. The van der Waals surface area contributed by atoms with Crippen LogP contribution < -0.4 is 4.90 Å². The Hall–Kier alpha value is -3.07. The number of pyridine rings is 1. The summed E-state index contributed by atoms with van der Waals surface area (Å²) in [5, 5.41) is 18.4. The normalized spacial score (nSPS) is 19.4. The summed E-state index contributed by atoms with van der Waals surface area (Å²) in [4.78, 5) is 9.81. The van der Waals surface area contributed by atoms with Gasteiger partial charge in [0.05, 0.1) is 34.9 Å². The Morgan fingerprint density at radius 2 is 1.93 bits per heavy atom. The summed E-state index contributed by atoms with van der Waals surface area (Å²) in [7, 11) is 0. The molecule has 1 aromatic heterocycles. The molecule has 0 fully saturated rings. The molecule has 0 amide bonds. The smallest absolute Gasteiger partial charge is 0.368 e. The van der Waals surface area contributed by atoms with Gasteiger partial charge in [-0.15, -0.1) is 5.10 Å². The van der Waals surface area contributed by atoms with Gasteiger partial charge in [0.1, 0.15) is 0 Å². The van der Waals surface area contributed by atoms with E-state index in [1.165, 1.54) is 19.1 Å². The minimum absolute atomic E-state index is 0.0360. The molecule has 1 atom stereocenters. The largest absolute Gasteiger partial charge is 0.418 e. The van der Waals surface area contributed by atoms with Crippen LogP contribution in [0.5, 0.6) is 0 Å². The first-order valence-electron chi connectivity index (χ1n) is 8.12. The van der Waals surface area contributed by atoms with E-state index in [2.05, 4.69) is 20.2 Å². The van der Waals surface area contributed by atoms with Crippen molar-refractivity contribution < 1.29 is 18.3 Å². The molecular formula is C18H14F3N5O. The third-order valence-electron chi connectivity index (χ3n) is 4.34. The molecular weight excluding hydrogens is 359 g/mol. The van der Waals surface area contributed by atoms with E-state index < -0.39 is 18.0 Å². The number of alkyl halides is 3. The Balaban J connectivity index is 2.02. The fourth-order valence-corrected chi connectivity index (χ4v) is 3.10. The molecule has 1 unspecified atom stereocenters. The third-order valence-corrected chi connectivity index (χ3v) is 4.34. The molecule has 2 aliphatic heterocycles. The second-order valence-electron chi connectivity index (χ2n) is 6.08. The highest BCUT2D eigenvalue weighted by Crippen LogP contribution is 2.41. The highest BCUT2D eigenvalue weighted by molar-refractivity contribution is 6.21. The van der Waals surface area contributed by atoms with Gasteiger partial charge in [0, 0.05) is 11.8 Å². The van der Waals surface area contributed by atoms with E-state index in [0.717, 1.165) is 11.0 Å². The van der Waals surface area contributed by atoms with Crippen LogP contribution in [0, 0.1) is 0 Å². The predicted octanol–water partition coefficient (Wildman–Crippen LogP) is 2.86. The predicted molar refractivity (Wildman–Crippen MR) is 95.2 cm³/mol. The molecule has 2 aliphatic rings. The number of aliphatic hydroxyl groups excluding tert-OH is 1. The van der Waals surface area contributed by atoms with E-state index in [9.17, 15) is 18.3 Å². The zero-order chi connectivity index (χ0) is 19.2. The molecule has 0 saturated heterocycles. The standard InChI is InChI=1S/C18H14F3N5O/c1-10-17(27)26-14(25-24-10)9-23-15(13-7-2-3-8-22-13)11-5-4-6-12(16(11)26)18(19,20)21/h2-8,17,27H,9H2,1H3. The molecule has 0 saturated carbocycles. The molecule has 0 spiro atoms. The molecule has 3 heterocycles. The van der Waals surface area contributed by atoms with Gasteiger partial charge in [0.2, 0.25) is 0 Å². The lowest BCUT2D eigenvalue weighted by atomic mass is 9.98. The van der Waals surface area contributed by atoms with Crippen molar-refractivity contribution in [2.45, 2.75) is 19.3 Å². The molecule has 4 rings (SSSR count). The number of fused-ring (bicyclic) bond motifs is 3. The molecule has 1 N–H and O–H groups in total. The number of hydrogen-bond donors (Lipinski definition) is 1. The number of benzene rings is 1. The van der Waals surface area contributed by atoms with Gasteiger partial charge < -0.3 is 5.11 Å². The third kappa shape index (κ3) is 2.89. The lowest BCUT2D eigenvalue weighted by molar-refractivity contribution is -0.137. The van der Waals surface area contributed by atoms with Crippen LogP contribution in [-0.2, 0) is 6.18 Å². The number of aromatic nitrogens is 1. The highest BCUT2D eigenvalue weighted by Gasteiger charge is 2.41. The summed E-state index contributed by atoms with van der Waals surface area (Å²) < 4.78 is 41.4. The minimum Gasteiger partial charge on any atom is -0.368 e. The van der Waals surface area contributed by atoms with Crippen LogP contribution in [0.4, 0.5) is 18.9 Å². The fraction of sp³-hybridized carbons (Fsp3) is 0.222. The first-order chi connectivity index (χ1) is 12.9. The Bertz CT molecular complexity index is 982. The topological polar surface area (TPSA) is 73.4 Å². The van der Waals surface area contributed by atoms with Crippen LogP contribution in [0.3, 0.4) is 0 Å².